The third kappa shape index (κ3) is 5.92. The molecule has 0 spiro atoms. The lowest BCUT2D eigenvalue weighted by Gasteiger charge is -2.35. The minimum absolute atomic E-state index is 0.0233. The summed E-state index contributed by atoms with van der Waals surface area (Å²) in [6.07, 6.45) is 7.01. The third-order valence-electron chi connectivity index (χ3n) is 7.23. The van der Waals surface area contributed by atoms with Crippen LogP contribution in [0.4, 0.5) is 28.2 Å². The first kappa shape index (κ1) is 26.0. The summed E-state index contributed by atoms with van der Waals surface area (Å²) in [5, 5.41) is 11.9. The normalized spacial score (nSPS) is 16.2. The van der Waals surface area contributed by atoms with Crippen molar-refractivity contribution < 1.29 is 4.79 Å². The highest BCUT2D eigenvalue weighted by atomic mass is 16.2. The van der Waals surface area contributed by atoms with Crippen LogP contribution < -0.4 is 20.4 Å². The number of anilines is 4. The van der Waals surface area contributed by atoms with Gasteiger partial charge in [0.15, 0.2) is 0 Å². The van der Waals surface area contributed by atoms with Gasteiger partial charge in [0.1, 0.15) is 17.5 Å². The van der Waals surface area contributed by atoms with Gasteiger partial charge in [0.2, 0.25) is 5.95 Å². The summed E-state index contributed by atoms with van der Waals surface area (Å²) in [5.74, 6) is 3.59. The van der Waals surface area contributed by atoms with Crippen molar-refractivity contribution in [2.45, 2.75) is 53.0 Å². The van der Waals surface area contributed by atoms with Crippen LogP contribution in [0.25, 0.3) is 10.9 Å². The average Bonchev–Trinajstić information content (AvgIpc) is 3.59. The second-order valence-electron chi connectivity index (χ2n) is 10.9. The molecule has 2 saturated heterocycles. The molecule has 11 heteroatoms. The highest BCUT2D eigenvalue weighted by Gasteiger charge is 2.24. The number of piperazine rings is 1. The van der Waals surface area contributed by atoms with E-state index in [4.69, 9.17) is 9.97 Å². The standard InChI is InChI=1S/C27H40N10O/c1-19(2)7-8-28-27(38)36-13-11-35(12-14-36)25-16-24(34-9-5-6-10-34)32-26(33-25)31-23-15-22-21(17-29-23)18-30-37(22)20(3)4/h15-20H,5-14H2,1-4H3,(H,28,38)(H,29,31,32,33). The van der Waals surface area contributed by atoms with Crippen molar-refractivity contribution in [3.63, 3.8) is 0 Å². The maximum atomic E-state index is 12.6. The largest absolute Gasteiger partial charge is 0.356 e. The molecular weight excluding hydrogens is 480 g/mol. The molecule has 204 valence electrons. The van der Waals surface area contributed by atoms with Gasteiger partial charge in [-0.05, 0) is 39.0 Å². The van der Waals surface area contributed by atoms with Gasteiger partial charge in [0, 0.05) is 75.6 Å². The number of carbonyl (C=O) groups excluding carboxylic acids is 1. The topological polar surface area (TPSA) is 107 Å². The summed E-state index contributed by atoms with van der Waals surface area (Å²) in [5.41, 5.74) is 1.02. The number of amides is 2. The number of aromatic nitrogens is 5. The fourth-order valence-electron chi connectivity index (χ4n) is 5.00. The molecule has 11 nitrogen and oxygen atoms in total. The molecule has 0 saturated carbocycles. The smallest absolute Gasteiger partial charge is 0.317 e. The third-order valence-corrected chi connectivity index (χ3v) is 7.23. The van der Waals surface area contributed by atoms with Gasteiger partial charge in [-0.1, -0.05) is 13.8 Å². The maximum absolute atomic E-state index is 12.6. The van der Waals surface area contributed by atoms with Gasteiger partial charge in [0.05, 0.1) is 11.7 Å². The zero-order valence-corrected chi connectivity index (χ0v) is 23.0. The van der Waals surface area contributed by atoms with Gasteiger partial charge < -0.3 is 25.3 Å². The van der Waals surface area contributed by atoms with Crippen LogP contribution in [0, 0.1) is 5.92 Å². The van der Waals surface area contributed by atoms with Crippen LogP contribution in [-0.2, 0) is 0 Å². The van der Waals surface area contributed by atoms with E-state index < -0.39 is 0 Å². The number of urea groups is 1. The molecule has 2 amide bonds. The van der Waals surface area contributed by atoms with E-state index in [-0.39, 0.29) is 12.1 Å². The Hall–Kier alpha value is -3.63. The molecule has 2 aliphatic heterocycles. The maximum Gasteiger partial charge on any atom is 0.317 e. The summed E-state index contributed by atoms with van der Waals surface area (Å²) >= 11 is 0. The molecule has 2 N–H and O–H groups in total. The molecule has 3 aromatic heterocycles. The number of rotatable bonds is 8. The van der Waals surface area contributed by atoms with Gasteiger partial charge in [-0.3, -0.25) is 4.68 Å². The number of carbonyl (C=O) groups is 1. The van der Waals surface area contributed by atoms with E-state index in [2.05, 4.69) is 64.3 Å². The van der Waals surface area contributed by atoms with Crippen molar-refractivity contribution in [3.8, 4) is 0 Å². The number of nitrogens with zero attached hydrogens (tertiary/aromatic N) is 8. The molecule has 2 aliphatic rings. The SMILES string of the molecule is CC(C)CCNC(=O)N1CCN(c2cc(N3CCCC3)nc(Nc3cc4c(cn3)cnn4C(C)C)n2)CC1. The number of pyridine rings is 1. The predicted molar refractivity (Wildman–Crippen MR) is 151 cm³/mol. The van der Waals surface area contributed by atoms with Crippen molar-refractivity contribution in [1.29, 1.82) is 0 Å². The Morgan fingerprint density at radius 2 is 1.61 bits per heavy atom. The molecule has 5 heterocycles. The quantitative estimate of drug-likeness (QED) is 0.459. The Morgan fingerprint density at radius 3 is 2.26 bits per heavy atom. The van der Waals surface area contributed by atoms with Crippen LogP contribution in [0.2, 0.25) is 0 Å². The fraction of sp³-hybridized carbons (Fsp3) is 0.593. The first-order valence-corrected chi connectivity index (χ1v) is 13.9. The molecule has 0 radical (unpaired) electrons. The number of hydrogen-bond acceptors (Lipinski definition) is 8. The van der Waals surface area contributed by atoms with Gasteiger partial charge in [-0.2, -0.15) is 15.1 Å². The number of fused-ring (bicyclic) bond motifs is 1. The molecule has 0 aromatic carbocycles. The zero-order chi connectivity index (χ0) is 26.6. The van der Waals surface area contributed by atoms with Gasteiger partial charge in [0.25, 0.3) is 0 Å². The van der Waals surface area contributed by atoms with Crippen LogP contribution in [0.1, 0.15) is 53.0 Å². The van der Waals surface area contributed by atoms with Crippen molar-refractivity contribution in [3.05, 3.63) is 24.5 Å². The highest BCUT2D eigenvalue weighted by molar-refractivity contribution is 5.81. The molecule has 0 unspecified atom stereocenters. The molecule has 3 aromatic rings. The number of nitrogens with one attached hydrogen (secondary N) is 2. The molecule has 0 atom stereocenters. The Bertz CT molecular complexity index is 1240. The van der Waals surface area contributed by atoms with Crippen LogP contribution in [0.15, 0.2) is 24.5 Å². The summed E-state index contributed by atoms with van der Waals surface area (Å²) in [4.78, 5) is 33.4. The first-order valence-electron chi connectivity index (χ1n) is 13.9. The average molecular weight is 521 g/mol. The van der Waals surface area contributed by atoms with Gasteiger partial charge in [-0.15, -0.1) is 0 Å². The Kier molecular flexibility index (Phi) is 7.80. The van der Waals surface area contributed by atoms with E-state index in [9.17, 15) is 4.79 Å². The Balaban J connectivity index is 1.33. The van der Waals surface area contributed by atoms with Crippen LogP contribution in [-0.4, -0.2) is 81.5 Å². The van der Waals surface area contributed by atoms with E-state index in [0.29, 0.717) is 37.3 Å². The predicted octanol–water partition coefficient (Wildman–Crippen LogP) is 4.02. The van der Waals surface area contributed by atoms with Crippen LogP contribution in [0.5, 0.6) is 0 Å². The minimum Gasteiger partial charge on any atom is -0.356 e. The van der Waals surface area contributed by atoms with E-state index >= 15 is 0 Å². The van der Waals surface area contributed by atoms with E-state index in [0.717, 1.165) is 55.1 Å². The fourth-order valence-corrected chi connectivity index (χ4v) is 5.00. The molecular formula is C27H40N10O. The van der Waals surface area contributed by atoms with Crippen LogP contribution in [0.3, 0.4) is 0 Å². The summed E-state index contributed by atoms with van der Waals surface area (Å²) in [7, 11) is 0. The molecule has 38 heavy (non-hydrogen) atoms. The Labute approximate surface area is 224 Å². The van der Waals surface area contributed by atoms with Crippen molar-refractivity contribution in [2.24, 2.45) is 5.92 Å². The molecule has 0 aliphatic carbocycles. The van der Waals surface area contributed by atoms with Gasteiger partial charge >= 0.3 is 6.03 Å². The van der Waals surface area contributed by atoms with Crippen molar-refractivity contribution in [1.82, 2.24) is 34.9 Å². The first-order chi connectivity index (χ1) is 18.4. The van der Waals surface area contributed by atoms with Gasteiger partial charge in [-0.25, -0.2) is 9.78 Å². The molecule has 5 rings (SSSR count). The second kappa shape index (κ2) is 11.4. The lowest BCUT2D eigenvalue weighted by Crippen LogP contribution is -2.52. The second-order valence-corrected chi connectivity index (χ2v) is 10.9. The summed E-state index contributed by atoms with van der Waals surface area (Å²) < 4.78 is 1.99. The molecule has 2 fully saturated rings. The van der Waals surface area contributed by atoms with E-state index in [1.54, 1.807) is 0 Å². The highest BCUT2D eigenvalue weighted by Crippen LogP contribution is 2.27. The lowest BCUT2D eigenvalue weighted by atomic mass is 10.1. The lowest BCUT2D eigenvalue weighted by molar-refractivity contribution is 0.193. The van der Waals surface area contributed by atoms with Crippen LogP contribution >= 0.6 is 0 Å². The summed E-state index contributed by atoms with van der Waals surface area (Å²) in [6, 6.07) is 4.36. The van der Waals surface area contributed by atoms with E-state index in [1.165, 1.54) is 12.8 Å². The van der Waals surface area contributed by atoms with Crippen molar-refractivity contribution in [2.75, 3.05) is 60.9 Å². The number of hydrogen-bond donors (Lipinski definition) is 2. The zero-order valence-electron chi connectivity index (χ0n) is 23.0. The minimum atomic E-state index is 0.0233. The molecule has 0 bridgehead atoms. The Morgan fingerprint density at radius 1 is 0.921 bits per heavy atom. The monoisotopic (exact) mass is 520 g/mol. The van der Waals surface area contributed by atoms with Crippen molar-refractivity contribution >= 4 is 40.3 Å². The summed E-state index contributed by atoms with van der Waals surface area (Å²) in [6.45, 7) is 14.1. The van der Waals surface area contributed by atoms with E-state index in [1.807, 2.05) is 28.0 Å².